The van der Waals surface area contributed by atoms with E-state index in [4.69, 9.17) is 11.6 Å². The van der Waals surface area contributed by atoms with Gasteiger partial charge in [0.2, 0.25) is 0 Å². The van der Waals surface area contributed by atoms with Crippen LogP contribution in [-0.4, -0.2) is 35.6 Å². The van der Waals surface area contributed by atoms with Crippen LogP contribution in [0.2, 0.25) is 5.02 Å². The van der Waals surface area contributed by atoms with Crippen molar-refractivity contribution in [1.82, 2.24) is 9.88 Å². The molecule has 2 atom stereocenters. The van der Waals surface area contributed by atoms with Gasteiger partial charge in [-0.15, -0.1) is 0 Å². The zero-order chi connectivity index (χ0) is 11.5. The molecule has 0 amide bonds. The second kappa shape index (κ2) is 5.02. The second-order valence-corrected chi connectivity index (χ2v) is 4.96. The molecule has 1 aliphatic rings. The Morgan fingerprint density at radius 3 is 3.06 bits per heavy atom. The van der Waals surface area contributed by atoms with Crippen molar-refractivity contribution in [3.05, 3.63) is 23.5 Å². The quantitative estimate of drug-likeness (QED) is 0.860. The number of hydrogen-bond donors (Lipinski definition) is 1. The van der Waals surface area contributed by atoms with Gasteiger partial charge in [-0.1, -0.05) is 11.6 Å². The van der Waals surface area contributed by atoms with E-state index >= 15 is 0 Å². The number of aromatic nitrogens is 1. The Balaban J connectivity index is 1.98. The third-order valence-electron chi connectivity index (χ3n) is 3.34. The summed E-state index contributed by atoms with van der Waals surface area (Å²) in [7, 11) is 2.18. The van der Waals surface area contributed by atoms with Crippen LogP contribution in [0.4, 0.5) is 5.69 Å². The third kappa shape index (κ3) is 2.66. The molecule has 1 saturated heterocycles. The number of piperidine rings is 1. The van der Waals surface area contributed by atoms with Crippen LogP contribution in [0, 0.1) is 0 Å². The molecule has 1 aromatic rings. The predicted octanol–water partition coefficient (Wildman–Crippen LogP) is 2.63. The highest BCUT2D eigenvalue weighted by Gasteiger charge is 2.22. The van der Waals surface area contributed by atoms with Crippen LogP contribution in [0.15, 0.2) is 18.5 Å². The maximum absolute atomic E-state index is 6.10. The summed E-state index contributed by atoms with van der Waals surface area (Å²) in [5.74, 6) is 0. The van der Waals surface area contributed by atoms with Crippen LogP contribution in [0.3, 0.4) is 0 Å². The number of rotatable bonds is 2. The van der Waals surface area contributed by atoms with E-state index in [2.05, 4.69) is 29.2 Å². The Hall–Kier alpha value is -0.800. The first-order chi connectivity index (χ1) is 7.66. The first-order valence-electron chi connectivity index (χ1n) is 5.73. The van der Waals surface area contributed by atoms with Crippen LogP contribution >= 0.6 is 11.6 Å². The summed E-state index contributed by atoms with van der Waals surface area (Å²) in [6, 6.07) is 2.96. The zero-order valence-corrected chi connectivity index (χ0v) is 10.5. The standard InChI is InChI=1S/C12H18ClN3/c1-9-7-10(4-6-16(9)2)15-12-8-14-5-3-11(12)13/h3,5,8-10,15H,4,6-7H2,1-2H3. The van der Waals surface area contributed by atoms with Crippen molar-refractivity contribution in [3.8, 4) is 0 Å². The highest BCUT2D eigenvalue weighted by Crippen LogP contribution is 2.24. The SMILES string of the molecule is CC1CC(Nc2cnccc2Cl)CCN1C. The minimum absolute atomic E-state index is 0.507. The van der Waals surface area contributed by atoms with E-state index in [0.29, 0.717) is 12.1 Å². The lowest BCUT2D eigenvalue weighted by atomic mass is 9.99. The fourth-order valence-electron chi connectivity index (χ4n) is 2.12. The number of hydrogen-bond acceptors (Lipinski definition) is 3. The Labute approximate surface area is 102 Å². The van der Waals surface area contributed by atoms with Crippen molar-refractivity contribution in [1.29, 1.82) is 0 Å². The monoisotopic (exact) mass is 239 g/mol. The average Bonchev–Trinajstić information content (AvgIpc) is 2.27. The van der Waals surface area contributed by atoms with Crippen LogP contribution in [-0.2, 0) is 0 Å². The molecule has 0 bridgehead atoms. The lowest BCUT2D eigenvalue weighted by Gasteiger charge is -2.35. The van der Waals surface area contributed by atoms with E-state index in [-0.39, 0.29) is 0 Å². The Kier molecular flexibility index (Phi) is 3.66. The normalized spacial score (nSPS) is 26.7. The molecule has 0 aromatic carbocycles. The van der Waals surface area contributed by atoms with E-state index < -0.39 is 0 Å². The maximum atomic E-state index is 6.10. The molecule has 0 spiro atoms. The van der Waals surface area contributed by atoms with Crippen molar-refractivity contribution in [2.75, 3.05) is 18.9 Å². The van der Waals surface area contributed by atoms with Gasteiger partial charge in [0.25, 0.3) is 0 Å². The molecule has 16 heavy (non-hydrogen) atoms. The van der Waals surface area contributed by atoms with E-state index in [0.717, 1.165) is 30.1 Å². The molecule has 0 saturated carbocycles. The summed E-state index contributed by atoms with van der Waals surface area (Å²) in [4.78, 5) is 6.48. The van der Waals surface area contributed by atoms with Gasteiger partial charge in [-0.3, -0.25) is 4.98 Å². The highest BCUT2D eigenvalue weighted by molar-refractivity contribution is 6.33. The van der Waals surface area contributed by atoms with Crippen LogP contribution < -0.4 is 5.32 Å². The van der Waals surface area contributed by atoms with Crippen LogP contribution in [0.1, 0.15) is 19.8 Å². The summed E-state index contributed by atoms with van der Waals surface area (Å²) in [6.07, 6.45) is 5.82. The predicted molar refractivity (Wildman–Crippen MR) is 68.0 cm³/mol. The van der Waals surface area contributed by atoms with E-state index in [1.165, 1.54) is 0 Å². The number of halogens is 1. The molecule has 1 aliphatic heterocycles. The minimum Gasteiger partial charge on any atom is -0.380 e. The van der Waals surface area contributed by atoms with Gasteiger partial charge in [-0.25, -0.2) is 0 Å². The van der Waals surface area contributed by atoms with Crippen molar-refractivity contribution in [2.24, 2.45) is 0 Å². The van der Waals surface area contributed by atoms with Gasteiger partial charge in [0, 0.05) is 24.8 Å². The van der Waals surface area contributed by atoms with E-state index in [9.17, 15) is 0 Å². The van der Waals surface area contributed by atoms with E-state index in [1.807, 2.05) is 6.07 Å². The minimum atomic E-state index is 0.507. The third-order valence-corrected chi connectivity index (χ3v) is 3.67. The summed E-state index contributed by atoms with van der Waals surface area (Å²) >= 11 is 6.10. The fraction of sp³-hybridized carbons (Fsp3) is 0.583. The highest BCUT2D eigenvalue weighted by atomic mass is 35.5. The van der Waals surface area contributed by atoms with Gasteiger partial charge in [0.05, 0.1) is 16.9 Å². The van der Waals surface area contributed by atoms with Gasteiger partial charge in [0.15, 0.2) is 0 Å². The first-order valence-corrected chi connectivity index (χ1v) is 6.11. The second-order valence-electron chi connectivity index (χ2n) is 4.55. The van der Waals surface area contributed by atoms with Gasteiger partial charge >= 0.3 is 0 Å². The van der Waals surface area contributed by atoms with Gasteiger partial charge in [0.1, 0.15) is 0 Å². The summed E-state index contributed by atoms with van der Waals surface area (Å²) < 4.78 is 0. The van der Waals surface area contributed by atoms with Crippen LogP contribution in [0.5, 0.6) is 0 Å². The van der Waals surface area contributed by atoms with Gasteiger partial charge in [-0.2, -0.15) is 0 Å². The van der Waals surface area contributed by atoms with Gasteiger partial charge in [-0.05, 0) is 32.9 Å². The Morgan fingerprint density at radius 2 is 2.38 bits per heavy atom. The molecule has 2 unspecified atom stereocenters. The summed E-state index contributed by atoms with van der Waals surface area (Å²) in [5.41, 5.74) is 0.950. The lowest BCUT2D eigenvalue weighted by Crippen LogP contribution is -2.42. The van der Waals surface area contributed by atoms with Crippen molar-refractivity contribution >= 4 is 17.3 Å². The molecular weight excluding hydrogens is 222 g/mol. The van der Waals surface area contributed by atoms with Crippen molar-refractivity contribution in [3.63, 3.8) is 0 Å². The van der Waals surface area contributed by atoms with Gasteiger partial charge < -0.3 is 10.2 Å². The average molecular weight is 240 g/mol. The summed E-state index contributed by atoms with van der Waals surface area (Å²) in [5, 5.41) is 4.23. The molecule has 1 N–H and O–H groups in total. The Bertz CT molecular complexity index is 356. The molecule has 3 nitrogen and oxygen atoms in total. The van der Waals surface area contributed by atoms with E-state index in [1.54, 1.807) is 12.4 Å². The largest absolute Gasteiger partial charge is 0.380 e. The molecule has 1 fully saturated rings. The molecule has 1 aromatic heterocycles. The van der Waals surface area contributed by atoms with Crippen LogP contribution in [0.25, 0.3) is 0 Å². The summed E-state index contributed by atoms with van der Waals surface area (Å²) in [6.45, 7) is 3.40. The molecule has 2 heterocycles. The lowest BCUT2D eigenvalue weighted by molar-refractivity contribution is 0.190. The molecule has 4 heteroatoms. The Morgan fingerprint density at radius 1 is 1.56 bits per heavy atom. The molecule has 0 radical (unpaired) electrons. The first kappa shape index (κ1) is 11.7. The maximum Gasteiger partial charge on any atom is 0.0718 e. The number of anilines is 1. The molecule has 0 aliphatic carbocycles. The fourth-order valence-corrected chi connectivity index (χ4v) is 2.28. The number of nitrogens with zero attached hydrogens (tertiary/aromatic N) is 2. The smallest absolute Gasteiger partial charge is 0.0718 e. The molecule has 88 valence electrons. The van der Waals surface area contributed by atoms with Crippen molar-refractivity contribution < 1.29 is 0 Å². The molecule has 2 rings (SSSR count). The number of likely N-dealkylation sites (tertiary alicyclic amines) is 1. The number of nitrogens with one attached hydrogen (secondary N) is 1. The van der Waals surface area contributed by atoms with Crippen molar-refractivity contribution in [2.45, 2.75) is 31.8 Å². The number of pyridine rings is 1. The molecular formula is C12H18ClN3. The zero-order valence-electron chi connectivity index (χ0n) is 9.78. The topological polar surface area (TPSA) is 28.2 Å².